The Balaban J connectivity index is 0.00000338. The van der Waals surface area contributed by atoms with Crippen LogP contribution in [0, 0.1) is 0 Å². The third-order valence-electron chi connectivity index (χ3n) is 4.78. The summed E-state index contributed by atoms with van der Waals surface area (Å²) < 4.78 is 0. The molecule has 26 heavy (non-hydrogen) atoms. The summed E-state index contributed by atoms with van der Waals surface area (Å²) in [5, 5.41) is 6.76. The number of aliphatic imine (C=N–C) groups is 1. The lowest BCUT2D eigenvalue weighted by Crippen LogP contribution is -2.43. The maximum atomic E-state index is 4.29. The van der Waals surface area contributed by atoms with Crippen LogP contribution in [0.25, 0.3) is 0 Å². The van der Waals surface area contributed by atoms with E-state index in [9.17, 15) is 0 Å². The van der Waals surface area contributed by atoms with Crippen LogP contribution in [0.15, 0.2) is 29.3 Å². The molecule has 0 aliphatic carbocycles. The molecule has 1 aromatic carbocycles. The third-order valence-corrected chi connectivity index (χ3v) is 4.78. The summed E-state index contributed by atoms with van der Waals surface area (Å²) in [6.07, 6.45) is 3.70. The van der Waals surface area contributed by atoms with Gasteiger partial charge < -0.3 is 15.5 Å². The van der Waals surface area contributed by atoms with E-state index >= 15 is 0 Å². The third kappa shape index (κ3) is 8.68. The molecule has 148 valence electrons. The molecule has 0 unspecified atom stereocenters. The number of unbranched alkanes of at least 4 members (excludes halogenated alkanes) is 2. The van der Waals surface area contributed by atoms with E-state index in [-0.39, 0.29) is 24.0 Å². The van der Waals surface area contributed by atoms with Crippen molar-refractivity contribution in [3.05, 3.63) is 35.4 Å². The van der Waals surface area contributed by atoms with Gasteiger partial charge in [0.1, 0.15) is 0 Å². The number of hydrogen-bond donors (Lipinski definition) is 2. The topological polar surface area (TPSA) is 42.9 Å². The van der Waals surface area contributed by atoms with E-state index in [2.05, 4.69) is 63.7 Å². The van der Waals surface area contributed by atoms with E-state index in [1.807, 2.05) is 7.05 Å². The molecule has 1 saturated heterocycles. The van der Waals surface area contributed by atoms with Crippen molar-refractivity contribution in [2.75, 3.05) is 46.8 Å². The number of guanidine groups is 1. The van der Waals surface area contributed by atoms with E-state index in [0.29, 0.717) is 0 Å². The van der Waals surface area contributed by atoms with Gasteiger partial charge in [-0.25, -0.2) is 0 Å². The van der Waals surface area contributed by atoms with Gasteiger partial charge in [0.05, 0.1) is 0 Å². The number of likely N-dealkylation sites (N-methyl/N-ethyl adjacent to an activating group) is 1. The SMILES string of the molecule is CCCCCNC(=NC)NCc1ccc(CN2CCN(C)CC2)cc1.I. The number of benzene rings is 1. The highest BCUT2D eigenvalue weighted by atomic mass is 127. The first-order valence-corrected chi connectivity index (χ1v) is 9.64. The van der Waals surface area contributed by atoms with Crippen LogP contribution in [-0.4, -0.2) is 62.6 Å². The highest BCUT2D eigenvalue weighted by Gasteiger charge is 2.13. The lowest BCUT2D eigenvalue weighted by atomic mass is 10.1. The largest absolute Gasteiger partial charge is 0.356 e. The fourth-order valence-electron chi connectivity index (χ4n) is 3.01. The minimum atomic E-state index is 0. The van der Waals surface area contributed by atoms with E-state index in [1.165, 1.54) is 56.6 Å². The lowest BCUT2D eigenvalue weighted by Gasteiger charge is -2.32. The zero-order valence-corrected chi connectivity index (χ0v) is 19.0. The smallest absolute Gasteiger partial charge is 0.191 e. The van der Waals surface area contributed by atoms with Gasteiger partial charge in [0.15, 0.2) is 5.96 Å². The van der Waals surface area contributed by atoms with E-state index < -0.39 is 0 Å². The van der Waals surface area contributed by atoms with Crippen molar-refractivity contribution in [2.45, 2.75) is 39.3 Å². The number of rotatable bonds is 8. The average Bonchev–Trinajstić information content (AvgIpc) is 2.64. The molecule has 0 saturated carbocycles. The quantitative estimate of drug-likeness (QED) is 0.264. The lowest BCUT2D eigenvalue weighted by molar-refractivity contribution is 0.148. The number of nitrogens with one attached hydrogen (secondary N) is 2. The van der Waals surface area contributed by atoms with Crippen LogP contribution in [0.5, 0.6) is 0 Å². The van der Waals surface area contributed by atoms with Crippen LogP contribution in [0.3, 0.4) is 0 Å². The minimum absolute atomic E-state index is 0. The van der Waals surface area contributed by atoms with Crippen LogP contribution in [0.1, 0.15) is 37.3 Å². The van der Waals surface area contributed by atoms with E-state index in [0.717, 1.165) is 25.6 Å². The fraction of sp³-hybridized carbons (Fsp3) is 0.650. The van der Waals surface area contributed by atoms with Gasteiger partial charge in [-0.1, -0.05) is 44.0 Å². The van der Waals surface area contributed by atoms with Crippen LogP contribution < -0.4 is 10.6 Å². The van der Waals surface area contributed by atoms with Gasteiger partial charge in [-0.15, -0.1) is 24.0 Å². The Morgan fingerprint density at radius 3 is 2.27 bits per heavy atom. The van der Waals surface area contributed by atoms with Crippen molar-refractivity contribution in [1.82, 2.24) is 20.4 Å². The molecule has 1 aliphatic rings. The van der Waals surface area contributed by atoms with E-state index in [1.54, 1.807) is 0 Å². The molecule has 1 aliphatic heterocycles. The van der Waals surface area contributed by atoms with Gasteiger partial charge in [0, 0.05) is 52.9 Å². The van der Waals surface area contributed by atoms with Crippen LogP contribution in [0.4, 0.5) is 0 Å². The van der Waals surface area contributed by atoms with Crippen LogP contribution >= 0.6 is 24.0 Å². The average molecular weight is 473 g/mol. The summed E-state index contributed by atoms with van der Waals surface area (Å²) in [5.41, 5.74) is 2.69. The molecule has 0 bridgehead atoms. The van der Waals surface area contributed by atoms with Gasteiger partial charge >= 0.3 is 0 Å². The fourth-order valence-corrected chi connectivity index (χ4v) is 3.01. The molecule has 2 rings (SSSR count). The van der Waals surface area contributed by atoms with Crippen molar-refractivity contribution in [3.8, 4) is 0 Å². The molecule has 0 spiro atoms. The molecule has 1 heterocycles. The molecular formula is C20H36IN5. The highest BCUT2D eigenvalue weighted by Crippen LogP contribution is 2.09. The molecule has 2 N–H and O–H groups in total. The van der Waals surface area contributed by atoms with Gasteiger partial charge in [-0.3, -0.25) is 9.89 Å². The zero-order chi connectivity index (χ0) is 17.9. The summed E-state index contributed by atoms with van der Waals surface area (Å²) in [7, 11) is 4.03. The molecule has 0 aromatic heterocycles. The highest BCUT2D eigenvalue weighted by molar-refractivity contribution is 14.0. The summed E-state index contributed by atoms with van der Waals surface area (Å²) in [6.45, 7) is 9.75. The Hall–Kier alpha value is -0.860. The molecule has 1 aromatic rings. The molecule has 0 atom stereocenters. The Morgan fingerprint density at radius 2 is 1.65 bits per heavy atom. The molecule has 5 nitrogen and oxygen atoms in total. The minimum Gasteiger partial charge on any atom is -0.356 e. The summed E-state index contributed by atoms with van der Waals surface area (Å²) in [5.74, 6) is 0.887. The van der Waals surface area contributed by atoms with E-state index in [4.69, 9.17) is 0 Å². The van der Waals surface area contributed by atoms with Gasteiger partial charge in [-0.05, 0) is 24.6 Å². The summed E-state index contributed by atoms with van der Waals surface area (Å²) in [6, 6.07) is 8.96. The summed E-state index contributed by atoms with van der Waals surface area (Å²) >= 11 is 0. The number of nitrogens with zero attached hydrogens (tertiary/aromatic N) is 3. The first kappa shape index (κ1) is 23.2. The second kappa shape index (κ2) is 13.3. The van der Waals surface area contributed by atoms with Crippen molar-refractivity contribution in [3.63, 3.8) is 0 Å². The molecular weight excluding hydrogens is 437 g/mol. The van der Waals surface area contributed by atoms with Crippen molar-refractivity contribution >= 4 is 29.9 Å². The van der Waals surface area contributed by atoms with Crippen molar-refractivity contribution in [2.24, 2.45) is 4.99 Å². The second-order valence-electron chi connectivity index (χ2n) is 6.96. The first-order valence-electron chi connectivity index (χ1n) is 9.64. The normalized spacial score (nSPS) is 16.2. The Morgan fingerprint density at radius 1 is 1.00 bits per heavy atom. The molecule has 0 amide bonds. The summed E-state index contributed by atoms with van der Waals surface area (Å²) in [4.78, 5) is 9.22. The predicted molar refractivity (Wildman–Crippen MR) is 122 cm³/mol. The molecule has 0 radical (unpaired) electrons. The second-order valence-corrected chi connectivity index (χ2v) is 6.96. The van der Waals surface area contributed by atoms with Gasteiger partial charge in [-0.2, -0.15) is 0 Å². The standard InChI is InChI=1S/C20H35N5.HI/c1-4-5-6-11-22-20(21-2)23-16-18-7-9-19(10-8-18)17-25-14-12-24(3)13-15-25;/h7-10H,4-6,11-17H2,1-3H3,(H2,21,22,23);1H. The molecule has 1 fully saturated rings. The predicted octanol–water partition coefficient (Wildman–Crippen LogP) is 2.91. The van der Waals surface area contributed by atoms with Crippen LogP contribution in [-0.2, 0) is 13.1 Å². The zero-order valence-electron chi connectivity index (χ0n) is 16.6. The number of piperazine rings is 1. The maximum absolute atomic E-state index is 4.29. The Labute approximate surface area is 176 Å². The molecule has 6 heteroatoms. The Bertz CT molecular complexity index is 509. The Kier molecular flexibility index (Phi) is 11.9. The first-order chi connectivity index (χ1) is 12.2. The van der Waals surface area contributed by atoms with Crippen molar-refractivity contribution in [1.29, 1.82) is 0 Å². The van der Waals surface area contributed by atoms with Crippen molar-refractivity contribution < 1.29 is 0 Å². The number of halogens is 1. The number of hydrogen-bond acceptors (Lipinski definition) is 3. The maximum Gasteiger partial charge on any atom is 0.191 e. The van der Waals surface area contributed by atoms with Gasteiger partial charge in [0.2, 0.25) is 0 Å². The van der Waals surface area contributed by atoms with Crippen LogP contribution in [0.2, 0.25) is 0 Å². The monoisotopic (exact) mass is 473 g/mol. The van der Waals surface area contributed by atoms with Gasteiger partial charge in [0.25, 0.3) is 0 Å².